The van der Waals surface area contributed by atoms with Gasteiger partial charge in [-0.15, -0.1) is 0 Å². The van der Waals surface area contributed by atoms with Crippen molar-refractivity contribution >= 4 is 15.7 Å². The first kappa shape index (κ1) is 16.1. The van der Waals surface area contributed by atoms with E-state index >= 15 is 0 Å². The van der Waals surface area contributed by atoms with Gasteiger partial charge in [-0.25, -0.2) is 22.8 Å². The Labute approximate surface area is 139 Å². The van der Waals surface area contributed by atoms with Crippen LogP contribution in [0.1, 0.15) is 5.82 Å². The zero-order chi connectivity index (χ0) is 17.2. The fraction of sp³-hybridized carbons (Fsp3) is 0.0588. The molecule has 0 aliphatic rings. The van der Waals surface area contributed by atoms with Crippen molar-refractivity contribution in [3.05, 3.63) is 72.4 Å². The molecule has 0 atom stereocenters. The third-order valence-corrected chi connectivity index (χ3v) is 4.67. The maximum Gasteiger partial charge on any atom is 0.261 e. The van der Waals surface area contributed by atoms with Crippen LogP contribution in [0.5, 0.6) is 0 Å². The Morgan fingerprint density at radius 3 is 2.58 bits per heavy atom. The maximum absolute atomic E-state index is 13.3. The number of nitrogens with one attached hydrogen (secondary N) is 1. The quantitative estimate of drug-likeness (QED) is 0.788. The van der Waals surface area contributed by atoms with Gasteiger partial charge in [0, 0.05) is 17.4 Å². The van der Waals surface area contributed by atoms with Crippen molar-refractivity contribution in [2.24, 2.45) is 0 Å². The summed E-state index contributed by atoms with van der Waals surface area (Å²) in [5.41, 5.74) is 1.81. The number of aromatic nitrogens is 2. The van der Waals surface area contributed by atoms with E-state index in [0.717, 1.165) is 11.6 Å². The van der Waals surface area contributed by atoms with E-state index in [1.54, 1.807) is 37.4 Å². The molecule has 1 aromatic heterocycles. The molecule has 0 saturated carbocycles. The molecule has 0 bridgehead atoms. The molecule has 3 rings (SSSR count). The zero-order valence-corrected chi connectivity index (χ0v) is 13.6. The number of halogens is 1. The molecule has 0 radical (unpaired) electrons. The third-order valence-electron chi connectivity index (χ3n) is 3.29. The predicted molar refractivity (Wildman–Crippen MR) is 89.4 cm³/mol. The monoisotopic (exact) mass is 343 g/mol. The van der Waals surface area contributed by atoms with Gasteiger partial charge >= 0.3 is 0 Å². The van der Waals surface area contributed by atoms with Crippen LogP contribution in [0.2, 0.25) is 0 Å². The molecule has 1 heterocycles. The molecule has 24 heavy (non-hydrogen) atoms. The van der Waals surface area contributed by atoms with Gasteiger partial charge < -0.3 is 0 Å². The van der Waals surface area contributed by atoms with Crippen LogP contribution in [0.25, 0.3) is 11.3 Å². The number of hydrogen-bond donors (Lipinski definition) is 1. The summed E-state index contributed by atoms with van der Waals surface area (Å²) in [5, 5.41) is 0. The smallest absolute Gasteiger partial charge is 0.261 e. The van der Waals surface area contributed by atoms with Crippen LogP contribution in [-0.4, -0.2) is 18.4 Å². The van der Waals surface area contributed by atoms with Gasteiger partial charge in [-0.2, -0.15) is 0 Å². The second kappa shape index (κ2) is 6.37. The lowest BCUT2D eigenvalue weighted by molar-refractivity contribution is 0.595. The summed E-state index contributed by atoms with van der Waals surface area (Å²) < 4.78 is 40.4. The van der Waals surface area contributed by atoms with Gasteiger partial charge in [0.2, 0.25) is 0 Å². The van der Waals surface area contributed by atoms with Crippen LogP contribution in [0, 0.1) is 12.7 Å². The number of aryl methyl sites for hydroxylation is 1. The van der Waals surface area contributed by atoms with Gasteiger partial charge in [0.05, 0.1) is 10.6 Å². The Bertz CT molecular complexity index is 990. The Morgan fingerprint density at radius 1 is 1.04 bits per heavy atom. The van der Waals surface area contributed by atoms with Gasteiger partial charge in [-0.05, 0) is 43.3 Å². The normalized spacial score (nSPS) is 11.2. The van der Waals surface area contributed by atoms with E-state index in [0.29, 0.717) is 17.2 Å². The lowest BCUT2D eigenvalue weighted by Gasteiger charge is -2.10. The molecule has 0 aliphatic carbocycles. The minimum Gasteiger partial charge on any atom is -0.280 e. The molecule has 122 valence electrons. The van der Waals surface area contributed by atoms with Gasteiger partial charge in [-0.3, -0.25) is 4.72 Å². The first-order valence-corrected chi connectivity index (χ1v) is 8.61. The second-order valence-corrected chi connectivity index (χ2v) is 6.82. The molecular weight excluding hydrogens is 329 g/mol. The third kappa shape index (κ3) is 3.57. The van der Waals surface area contributed by atoms with E-state index in [1.165, 1.54) is 18.2 Å². The standard InChI is InChI=1S/C17H14FN3O2S/c1-12-19-9-8-17(20-12)13-4-2-6-15(10-13)21-24(22,23)16-7-3-5-14(18)11-16/h2-11,21H,1H3. The Kier molecular flexibility index (Phi) is 4.26. The molecule has 0 amide bonds. The summed E-state index contributed by atoms with van der Waals surface area (Å²) >= 11 is 0. The number of rotatable bonds is 4. The van der Waals surface area contributed by atoms with Crippen molar-refractivity contribution in [3.8, 4) is 11.3 Å². The number of nitrogens with zero attached hydrogens (tertiary/aromatic N) is 2. The van der Waals surface area contributed by atoms with E-state index < -0.39 is 15.8 Å². The summed E-state index contributed by atoms with van der Waals surface area (Å²) in [6, 6.07) is 13.4. The molecule has 5 nitrogen and oxygen atoms in total. The van der Waals surface area contributed by atoms with Crippen LogP contribution in [0.3, 0.4) is 0 Å². The number of hydrogen-bond acceptors (Lipinski definition) is 4. The lowest BCUT2D eigenvalue weighted by Crippen LogP contribution is -2.13. The molecule has 3 aromatic rings. The molecule has 0 fully saturated rings. The first-order chi connectivity index (χ1) is 11.4. The lowest BCUT2D eigenvalue weighted by atomic mass is 10.1. The second-order valence-electron chi connectivity index (χ2n) is 5.13. The van der Waals surface area contributed by atoms with E-state index in [1.807, 2.05) is 6.07 Å². The minimum absolute atomic E-state index is 0.134. The summed E-state index contributed by atoms with van der Waals surface area (Å²) in [5.74, 6) is 0.0151. The van der Waals surface area contributed by atoms with Crippen LogP contribution in [-0.2, 0) is 10.0 Å². The number of anilines is 1. The van der Waals surface area contributed by atoms with E-state index in [-0.39, 0.29) is 4.90 Å². The molecule has 1 N–H and O–H groups in total. The summed E-state index contributed by atoms with van der Waals surface area (Å²) in [4.78, 5) is 8.22. The summed E-state index contributed by atoms with van der Waals surface area (Å²) in [7, 11) is -3.87. The van der Waals surface area contributed by atoms with Crippen molar-refractivity contribution in [2.45, 2.75) is 11.8 Å². The van der Waals surface area contributed by atoms with E-state index in [9.17, 15) is 12.8 Å². The summed E-state index contributed by atoms with van der Waals surface area (Å²) in [6.45, 7) is 1.78. The summed E-state index contributed by atoms with van der Waals surface area (Å²) in [6.07, 6.45) is 1.64. The number of sulfonamides is 1. The van der Waals surface area contributed by atoms with E-state index in [2.05, 4.69) is 14.7 Å². The Morgan fingerprint density at radius 2 is 1.83 bits per heavy atom. The highest BCUT2D eigenvalue weighted by molar-refractivity contribution is 7.92. The topological polar surface area (TPSA) is 72.0 Å². The molecule has 7 heteroatoms. The number of benzene rings is 2. The molecule has 0 saturated heterocycles. The van der Waals surface area contributed by atoms with Crippen molar-refractivity contribution < 1.29 is 12.8 Å². The van der Waals surface area contributed by atoms with Gasteiger partial charge in [0.25, 0.3) is 10.0 Å². The molecule has 0 unspecified atom stereocenters. The Balaban J connectivity index is 1.92. The fourth-order valence-corrected chi connectivity index (χ4v) is 3.29. The van der Waals surface area contributed by atoms with Gasteiger partial charge in [0.15, 0.2) is 0 Å². The molecule has 0 spiro atoms. The van der Waals surface area contributed by atoms with Gasteiger partial charge in [0.1, 0.15) is 11.6 Å². The highest BCUT2D eigenvalue weighted by atomic mass is 32.2. The van der Waals surface area contributed by atoms with Crippen LogP contribution in [0.4, 0.5) is 10.1 Å². The van der Waals surface area contributed by atoms with Crippen LogP contribution in [0.15, 0.2) is 65.7 Å². The van der Waals surface area contributed by atoms with E-state index in [4.69, 9.17) is 0 Å². The highest BCUT2D eigenvalue weighted by Crippen LogP contribution is 2.23. The van der Waals surface area contributed by atoms with Crippen molar-refractivity contribution in [1.29, 1.82) is 0 Å². The average Bonchev–Trinajstić information content (AvgIpc) is 2.55. The van der Waals surface area contributed by atoms with Crippen molar-refractivity contribution in [1.82, 2.24) is 9.97 Å². The average molecular weight is 343 g/mol. The predicted octanol–water partition coefficient (Wildman–Crippen LogP) is 3.39. The fourth-order valence-electron chi connectivity index (χ4n) is 2.21. The van der Waals surface area contributed by atoms with Crippen LogP contribution >= 0.6 is 0 Å². The van der Waals surface area contributed by atoms with Crippen molar-refractivity contribution in [3.63, 3.8) is 0 Å². The minimum atomic E-state index is -3.87. The first-order valence-electron chi connectivity index (χ1n) is 7.12. The molecule has 2 aromatic carbocycles. The maximum atomic E-state index is 13.3. The van der Waals surface area contributed by atoms with Gasteiger partial charge in [-0.1, -0.05) is 18.2 Å². The Hall–Kier alpha value is -2.80. The van der Waals surface area contributed by atoms with Crippen molar-refractivity contribution in [2.75, 3.05) is 4.72 Å². The van der Waals surface area contributed by atoms with Crippen LogP contribution < -0.4 is 4.72 Å². The SMILES string of the molecule is Cc1nccc(-c2cccc(NS(=O)(=O)c3cccc(F)c3)c2)n1. The largest absolute Gasteiger partial charge is 0.280 e. The highest BCUT2D eigenvalue weighted by Gasteiger charge is 2.15. The molecular formula is C17H14FN3O2S. The zero-order valence-electron chi connectivity index (χ0n) is 12.8. The molecule has 0 aliphatic heterocycles.